The maximum atomic E-state index is 13.1. The summed E-state index contributed by atoms with van der Waals surface area (Å²) in [6.45, 7) is 0.265. The van der Waals surface area contributed by atoms with Gasteiger partial charge in [0.15, 0.2) is 0 Å². The first-order chi connectivity index (χ1) is 16.5. The standard InChI is InChI=1S/C25H21N3O5S/c29-23(28-32)21-13-18-11-12-19(14-20(18)34-21)27-24(30)22(17-9-5-2-6-10-17)33-25(31)26-15-16-7-3-1-4-8-16/h1-14,22,32H,15H2,(H,26,31)(H,27,30)(H,28,29)/t22-/m0/s1. The molecule has 0 fully saturated rings. The lowest BCUT2D eigenvalue weighted by atomic mass is 10.1. The summed E-state index contributed by atoms with van der Waals surface area (Å²) in [6.07, 6.45) is -1.90. The lowest BCUT2D eigenvalue weighted by Crippen LogP contribution is -2.31. The summed E-state index contributed by atoms with van der Waals surface area (Å²) in [5.74, 6) is -1.13. The number of hydrogen-bond donors (Lipinski definition) is 4. The SMILES string of the molecule is O=C(NCc1ccccc1)O[C@H](C(=O)Nc1ccc2cc(C(=O)NO)sc2c1)c1ccccc1. The molecule has 1 aromatic heterocycles. The normalized spacial score (nSPS) is 11.4. The highest BCUT2D eigenvalue weighted by molar-refractivity contribution is 7.20. The van der Waals surface area contributed by atoms with E-state index in [0.717, 1.165) is 15.6 Å². The summed E-state index contributed by atoms with van der Waals surface area (Å²) in [5.41, 5.74) is 3.51. The van der Waals surface area contributed by atoms with Gasteiger partial charge in [-0.15, -0.1) is 11.3 Å². The number of anilines is 1. The van der Waals surface area contributed by atoms with Crippen LogP contribution in [0.3, 0.4) is 0 Å². The van der Waals surface area contributed by atoms with Gasteiger partial charge in [-0.2, -0.15) is 0 Å². The van der Waals surface area contributed by atoms with Crippen molar-refractivity contribution in [3.63, 3.8) is 0 Å². The van der Waals surface area contributed by atoms with Crippen LogP contribution in [-0.4, -0.2) is 23.1 Å². The van der Waals surface area contributed by atoms with Crippen molar-refractivity contribution in [3.05, 3.63) is 101 Å². The number of ether oxygens (including phenoxy) is 1. The Balaban J connectivity index is 1.49. The number of fused-ring (bicyclic) bond motifs is 1. The van der Waals surface area contributed by atoms with Crippen molar-refractivity contribution < 1.29 is 24.3 Å². The molecule has 0 saturated carbocycles. The molecule has 1 atom stereocenters. The maximum absolute atomic E-state index is 13.1. The first kappa shape index (κ1) is 23.0. The van der Waals surface area contributed by atoms with Crippen LogP contribution in [0, 0.1) is 0 Å². The van der Waals surface area contributed by atoms with Crippen molar-refractivity contribution in [3.8, 4) is 0 Å². The highest BCUT2D eigenvalue weighted by Crippen LogP contribution is 2.29. The number of nitrogens with one attached hydrogen (secondary N) is 3. The molecule has 0 spiro atoms. The van der Waals surface area contributed by atoms with Gasteiger partial charge in [-0.3, -0.25) is 14.8 Å². The van der Waals surface area contributed by atoms with E-state index in [1.54, 1.807) is 60.1 Å². The quantitative estimate of drug-likeness (QED) is 0.230. The fourth-order valence-corrected chi connectivity index (χ4v) is 4.30. The Morgan fingerprint density at radius 2 is 1.62 bits per heavy atom. The summed E-state index contributed by atoms with van der Waals surface area (Å²) in [5, 5.41) is 15.1. The molecule has 4 N–H and O–H groups in total. The van der Waals surface area contributed by atoms with E-state index in [-0.39, 0.29) is 6.54 Å². The summed E-state index contributed by atoms with van der Waals surface area (Å²) in [6, 6.07) is 24.9. The summed E-state index contributed by atoms with van der Waals surface area (Å²) >= 11 is 1.17. The monoisotopic (exact) mass is 475 g/mol. The topological polar surface area (TPSA) is 117 Å². The molecule has 0 aliphatic carbocycles. The van der Waals surface area contributed by atoms with Crippen molar-refractivity contribution in [1.29, 1.82) is 0 Å². The maximum Gasteiger partial charge on any atom is 0.408 e. The number of alkyl carbamates (subject to hydrolysis) is 1. The van der Waals surface area contributed by atoms with Gasteiger partial charge in [-0.05, 0) is 29.1 Å². The lowest BCUT2D eigenvalue weighted by Gasteiger charge is -2.18. The highest BCUT2D eigenvalue weighted by Gasteiger charge is 2.25. The molecule has 3 aromatic carbocycles. The van der Waals surface area contributed by atoms with E-state index in [1.165, 1.54) is 11.3 Å². The van der Waals surface area contributed by atoms with Gasteiger partial charge in [-0.25, -0.2) is 10.3 Å². The molecule has 0 unspecified atom stereocenters. The van der Waals surface area contributed by atoms with Gasteiger partial charge in [-0.1, -0.05) is 66.7 Å². The van der Waals surface area contributed by atoms with Crippen LogP contribution in [0.4, 0.5) is 10.5 Å². The van der Waals surface area contributed by atoms with Crippen LogP contribution in [-0.2, 0) is 16.1 Å². The average molecular weight is 476 g/mol. The zero-order chi connectivity index (χ0) is 23.9. The number of carbonyl (C=O) groups excluding carboxylic acids is 3. The molecule has 3 amide bonds. The summed E-state index contributed by atoms with van der Waals surface area (Å²) < 4.78 is 6.23. The zero-order valence-corrected chi connectivity index (χ0v) is 18.7. The predicted octanol–water partition coefficient (Wildman–Crippen LogP) is 4.63. The largest absolute Gasteiger partial charge is 0.431 e. The van der Waals surface area contributed by atoms with Crippen molar-refractivity contribution in [2.45, 2.75) is 12.6 Å². The molecular weight excluding hydrogens is 454 g/mol. The number of hydrogen-bond acceptors (Lipinski definition) is 6. The number of thiophene rings is 1. The van der Waals surface area contributed by atoms with E-state index in [1.807, 2.05) is 30.3 Å². The van der Waals surface area contributed by atoms with Gasteiger partial charge in [0.1, 0.15) is 0 Å². The number of amides is 3. The molecule has 8 nitrogen and oxygen atoms in total. The third kappa shape index (κ3) is 5.58. The van der Waals surface area contributed by atoms with E-state index in [2.05, 4.69) is 10.6 Å². The molecule has 0 saturated heterocycles. The Morgan fingerprint density at radius 1 is 0.912 bits per heavy atom. The average Bonchev–Trinajstić information content (AvgIpc) is 3.30. The first-order valence-electron chi connectivity index (χ1n) is 10.4. The number of benzene rings is 3. The van der Waals surface area contributed by atoms with E-state index in [4.69, 9.17) is 9.94 Å². The zero-order valence-electron chi connectivity index (χ0n) is 17.9. The minimum absolute atomic E-state index is 0.265. The molecule has 9 heteroatoms. The Bertz CT molecular complexity index is 1310. The van der Waals surface area contributed by atoms with Gasteiger partial charge < -0.3 is 15.4 Å². The van der Waals surface area contributed by atoms with Gasteiger partial charge in [0.25, 0.3) is 11.8 Å². The van der Waals surface area contributed by atoms with Gasteiger partial charge in [0.2, 0.25) is 6.10 Å². The molecule has 172 valence electrons. The molecule has 4 rings (SSSR count). The van der Waals surface area contributed by atoms with E-state index < -0.39 is 24.0 Å². The minimum Gasteiger partial charge on any atom is -0.431 e. The van der Waals surface area contributed by atoms with Crippen LogP contribution in [0.2, 0.25) is 0 Å². The van der Waals surface area contributed by atoms with Gasteiger partial charge >= 0.3 is 6.09 Å². The summed E-state index contributed by atoms with van der Waals surface area (Å²) in [4.78, 5) is 37.6. The van der Waals surface area contributed by atoms with Gasteiger partial charge in [0, 0.05) is 22.5 Å². The summed E-state index contributed by atoms with van der Waals surface area (Å²) in [7, 11) is 0. The van der Waals surface area contributed by atoms with Crippen LogP contribution in [0.5, 0.6) is 0 Å². The van der Waals surface area contributed by atoms with E-state index in [9.17, 15) is 14.4 Å². The number of carbonyl (C=O) groups is 3. The Labute approximate surface area is 199 Å². The van der Waals surface area contributed by atoms with Crippen LogP contribution < -0.4 is 16.1 Å². The smallest absolute Gasteiger partial charge is 0.408 e. The van der Waals surface area contributed by atoms with Crippen molar-refractivity contribution in [2.24, 2.45) is 0 Å². The second-order valence-electron chi connectivity index (χ2n) is 7.33. The van der Waals surface area contributed by atoms with Crippen LogP contribution >= 0.6 is 11.3 Å². The van der Waals surface area contributed by atoms with Crippen molar-refractivity contribution in [1.82, 2.24) is 10.8 Å². The van der Waals surface area contributed by atoms with Crippen LogP contribution in [0.1, 0.15) is 26.9 Å². The fraction of sp³-hybridized carbons (Fsp3) is 0.0800. The van der Waals surface area contributed by atoms with E-state index >= 15 is 0 Å². The van der Waals surface area contributed by atoms with Crippen LogP contribution in [0.25, 0.3) is 10.1 Å². The first-order valence-corrected chi connectivity index (χ1v) is 11.2. The highest BCUT2D eigenvalue weighted by atomic mass is 32.1. The Morgan fingerprint density at radius 3 is 2.32 bits per heavy atom. The number of rotatable bonds is 7. The molecule has 0 bridgehead atoms. The second kappa shape index (κ2) is 10.6. The molecule has 0 aliphatic heterocycles. The molecule has 4 aromatic rings. The Hall–Kier alpha value is -4.21. The fourth-order valence-electron chi connectivity index (χ4n) is 3.30. The molecule has 0 aliphatic rings. The predicted molar refractivity (Wildman–Crippen MR) is 129 cm³/mol. The third-order valence-corrected chi connectivity index (χ3v) is 6.05. The van der Waals surface area contributed by atoms with Crippen LogP contribution in [0.15, 0.2) is 84.9 Å². The third-order valence-electron chi connectivity index (χ3n) is 4.96. The van der Waals surface area contributed by atoms with Gasteiger partial charge in [0.05, 0.1) is 4.88 Å². The molecular formula is C25H21N3O5S. The lowest BCUT2D eigenvalue weighted by molar-refractivity contribution is -0.124. The molecule has 34 heavy (non-hydrogen) atoms. The van der Waals surface area contributed by atoms with Crippen molar-refractivity contribution >= 4 is 45.0 Å². The number of hydroxylamine groups is 1. The molecule has 1 heterocycles. The van der Waals surface area contributed by atoms with Crippen molar-refractivity contribution in [2.75, 3.05) is 5.32 Å². The molecule has 0 radical (unpaired) electrons. The van der Waals surface area contributed by atoms with E-state index in [0.29, 0.717) is 16.1 Å². The second-order valence-corrected chi connectivity index (χ2v) is 8.41. The minimum atomic E-state index is -1.17. The Kier molecular flexibility index (Phi) is 7.16.